The van der Waals surface area contributed by atoms with Crippen LogP contribution in [0.3, 0.4) is 0 Å². The first kappa shape index (κ1) is 15.8. The second-order valence-corrected chi connectivity index (χ2v) is 5.32. The number of hydrogen-bond acceptors (Lipinski definition) is 3. The molecular formula is C17H20N2O3. The van der Waals surface area contributed by atoms with E-state index in [1.54, 1.807) is 18.4 Å². The summed E-state index contributed by atoms with van der Waals surface area (Å²) in [6.45, 7) is 5.61. The van der Waals surface area contributed by atoms with Gasteiger partial charge in [0.05, 0.1) is 12.8 Å². The lowest BCUT2D eigenvalue weighted by Crippen LogP contribution is -2.36. The van der Waals surface area contributed by atoms with Crippen molar-refractivity contribution >= 4 is 17.5 Å². The Morgan fingerprint density at radius 3 is 2.64 bits per heavy atom. The minimum atomic E-state index is -0.226. The van der Waals surface area contributed by atoms with Crippen LogP contribution in [0.5, 0.6) is 0 Å². The van der Waals surface area contributed by atoms with Gasteiger partial charge in [-0.1, -0.05) is 12.1 Å². The lowest BCUT2D eigenvalue weighted by Gasteiger charge is -2.19. The van der Waals surface area contributed by atoms with Gasteiger partial charge in [0.15, 0.2) is 0 Å². The van der Waals surface area contributed by atoms with Crippen molar-refractivity contribution in [3.05, 3.63) is 53.5 Å². The minimum absolute atomic E-state index is 0.0105. The Morgan fingerprint density at radius 1 is 1.23 bits per heavy atom. The molecule has 0 fully saturated rings. The van der Waals surface area contributed by atoms with Gasteiger partial charge in [0, 0.05) is 12.6 Å². The van der Waals surface area contributed by atoms with Crippen LogP contribution >= 0.6 is 0 Å². The highest BCUT2D eigenvalue weighted by atomic mass is 16.3. The van der Waals surface area contributed by atoms with E-state index < -0.39 is 0 Å². The summed E-state index contributed by atoms with van der Waals surface area (Å²) in [6, 6.07) is 9.39. The Balaban J connectivity index is 2.02. The van der Waals surface area contributed by atoms with Crippen LogP contribution in [0.2, 0.25) is 0 Å². The van der Waals surface area contributed by atoms with Gasteiger partial charge in [0.25, 0.3) is 0 Å². The Labute approximate surface area is 129 Å². The Kier molecular flexibility index (Phi) is 4.99. The molecule has 1 heterocycles. The quantitative estimate of drug-likeness (QED) is 0.923. The highest BCUT2D eigenvalue weighted by Crippen LogP contribution is 2.16. The van der Waals surface area contributed by atoms with Gasteiger partial charge in [-0.25, -0.2) is 0 Å². The van der Waals surface area contributed by atoms with E-state index >= 15 is 0 Å². The molecule has 1 aromatic heterocycles. The van der Waals surface area contributed by atoms with Crippen LogP contribution in [0.4, 0.5) is 5.69 Å². The highest BCUT2D eigenvalue weighted by molar-refractivity contribution is 5.94. The maximum absolute atomic E-state index is 12.2. The van der Waals surface area contributed by atoms with Gasteiger partial charge in [-0.3, -0.25) is 9.59 Å². The second-order valence-electron chi connectivity index (χ2n) is 5.32. The molecule has 0 aliphatic heterocycles. The van der Waals surface area contributed by atoms with Crippen LogP contribution in [0.1, 0.15) is 23.8 Å². The summed E-state index contributed by atoms with van der Waals surface area (Å²) in [7, 11) is 0. The number of nitrogens with one attached hydrogen (secondary N) is 1. The first-order chi connectivity index (χ1) is 10.5. The van der Waals surface area contributed by atoms with Crippen LogP contribution in [0.25, 0.3) is 0 Å². The largest absolute Gasteiger partial charge is 0.467 e. The predicted molar refractivity (Wildman–Crippen MR) is 84.3 cm³/mol. The molecule has 22 heavy (non-hydrogen) atoms. The summed E-state index contributed by atoms with van der Waals surface area (Å²) >= 11 is 0. The molecule has 0 saturated carbocycles. The molecule has 2 amide bonds. The predicted octanol–water partition coefficient (Wildman–Crippen LogP) is 2.88. The summed E-state index contributed by atoms with van der Waals surface area (Å²) in [6.07, 6.45) is 1.55. The third-order valence-electron chi connectivity index (χ3n) is 3.37. The second kappa shape index (κ2) is 6.93. The summed E-state index contributed by atoms with van der Waals surface area (Å²) in [5.74, 6) is 0.248. The summed E-state index contributed by atoms with van der Waals surface area (Å²) in [5.41, 5.74) is 2.82. The zero-order chi connectivity index (χ0) is 16.1. The molecule has 0 atom stereocenters. The van der Waals surface area contributed by atoms with Crippen molar-refractivity contribution in [2.24, 2.45) is 0 Å². The minimum Gasteiger partial charge on any atom is -0.467 e. The van der Waals surface area contributed by atoms with E-state index in [9.17, 15) is 9.59 Å². The molecular weight excluding hydrogens is 280 g/mol. The number of carbonyl (C=O) groups excluding carboxylic acids is 2. The molecule has 2 rings (SSSR count). The zero-order valence-electron chi connectivity index (χ0n) is 13.1. The average molecular weight is 300 g/mol. The number of hydrogen-bond donors (Lipinski definition) is 1. The van der Waals surface area contributed by atoms with E-state index in [2.05, 4.69) is 5.32 Å². The molecule has 0 spiro atoms. The van der Waals surface area contributed by atoms with E-state index in [1.807, 2.05) is 32.0 Å². The van der Waals surface area contributed by atoms with Crippen LogP contribution in [-0.2, 0) is 16.1 Å². The van der Waals surface area contributed by atoms with Crippen LogP contribution in [-0.4, -0.2) is 23.3 Å². The first-order valence-corrected chi connectivity index (χ1v) is 7.10. The van der Waals surface area contributed by atoms with Gasteiger partial charge in [-0.2, -0.15) is 0 Å². The van der Waals surface area contributed by atoms with Crippen molar-refractivity contribution in [2.45, 2.75) is 27.3 Å². The Hall–Kier alpha value is -2.56. The normalized spacial score (nSPS) is 10.3. The maximum Gasteiger partial charge on any atom is 0.244 e. The molecule has 1 N–H and O–H groups in total. The van der Waals surface area contributed by atoms with Crippen molar-refractivity contribution in [3.8, 4) is 0 Å². The molecule has 5 nitrogen and oxygen atoms in total. The first-order valence-electron chi connectivity index (χ1n) is 7.10. The molecule has 0 radical (unpaired) electrons. The molecule has 0 saturated heterocycles. The van der Waals surface area contributed by atoms with Crippen molar-refractivity contribution in [3.63, 3.8) is 0 Å². The molecule has 0 aliphatic rings. The van der Waals surface area contributed by atoms with Gasteiger partial charge < -0.3 is 14.6 Å². The third kappa shape index (κ3) is 4.22. The summed E-state index contributed by atoms with van der Waals surface area (Å²) in [5, 5.41) is 2.85. The molecule has 2 aromatic rings. The number of anilines is 1. The van der Waals surface area contributed by atoms with E-state index in [4.69, 9.17) is 4.42 Å². The SMILES string of the molecule is CC(=O)N(CC(=O)Nc1cc(C)ccc1C)Cc1ccco1. The standard InChI is InChI=1S/C17H20N2O3/c1-12-6-7-13(2)16(9-12)18-17(21)11-19(14(3)20)10-15-5-4-8-22-15/h4-9H,10-11H2,1-3H3,(H,18,21). The fourth-order valence-electron chi connectivity index (χ4n) is 2.10. The van der Waals surface area contributed by atoms with Crippen LogP contribution in [0, 0.1) is 13.8 Å². The van der Waals surface area contributed by atoms with E-state index in [1.165, 1.54) is 11.8 Å². The van der Waals surface area contributed by atoms with Gasteiger partial charge >= 0.3 is 0 Å². The molecule has 116 valence electrons. The number of rotatable bonds is 5. The lowest BCUT2D eigenvalue weighted by molar-refractivity contribution is -0.133. The van der Waals surface area contributed by atoms with Crippen molar-refractivity contribution in [2.75, 3.05) is 11.9 Å². The zero-order valence-corrected chi connectivity index (χ0v) is 13.1. The van der Waals surface area contributed by atoms with Crippen molar-refractivity contribution in [1.29, 1.82) is 0 Å². The molecule has 0 aliphatic carbocycles. The number of nitrogens with zero attached hydrogens (tertiary/aromatic N) is 1. The highest BCUT2D eigenvalue weighted by Gasteiger charge is 2.16. The van der Waals surface area contributed by atoms with E-state index in [0.717, 1.165) is 16.8 Å². The van der Waals surface area contributed by atoms with Gasteiger partial charge in [0.1, 0.15) is 12.3 Å². The van der Waals surface area contributed by atoms with Gasteiger partial charge in [0.2, 0.25) is 11.8 Å². The van der Waals surface area contributed by atoms with E-state index in [-0.39, 0.29) is 24.9 Å². The fourth-order valence-corrected chi connectivity index (χ4v) is 2.10. The number of benzene rings is 1. The number of carbonyl (C=O) groups is 2. The topological polar surface area (TPSA) is 62.6 Å². The van der Waals surface area contributed by atoms with E-state index in [0.29, 0.717) is 5.76 Å². The fraction of sp³-hybridized carbons (Fsp3) is 0.294. The molecule has 1 aromatic carbocycles. The maximum atomic E-state index is 12.2. The van der Waals surface area contributed by atoms with Crippen molar-refractivity contribution in [1.82, 2.24) is 4.90 Å². The number of amides is 2. The van der Waals surface area contributed by atoms with Gasteiger partial charge in [-0.05, 0) is 43.2 Å². The Bertz CT molecular complexity index is 663. The molecule has 0 bridgehead atoms. The monoisotopic (exact) mass is 300 g/mol. The summed E-state index contributed by atoms with van der Waals surface area (Å²) in [4.78, 5) is 25.3. The van der Waals surface area contributed by atoms with Crippen LogP contribution in [0.15, 0.2) is 41.0 Å². The van der Waals surface area contributed by atoms with Gasteiger partial charge in [-0.15, -0.1) is 0 Å². The average Bonchev–Trinajstić information content (AvgIpc) is 2.95. The van der Waals surface area contributed by atoms with Crippen molar-refractivity contribution < 1.29 is 14.0 Å². The lowest BCUT2D eigenvalue weighted by atomic mass is 10.1. The summed E-state index contributed by atoms with van der Waals surface area (Å²) < 4.78 is 5.22. The number of furan rings is 1. The Morgan fingerprint density at radius 2 is 2.00 bits per heavy atom. The van der Waals surface area contributed by atoms with Crippen LogP contribution < -0.4 is 5.32 Å². The molecule has 0 unspecified atom stereocenters. The number of aryl methyl sites for hydroxylation is 2. The smallest absolute Gasteiger partial charge is 0.244 e. The molecule has 5 heteroatoms. The third-order valence-corrected chi connectivity index (χ3v) is 3.37.